The zero-order chi connectivity index (χ0) is 13.7. The second-order valence-electron chi connectivity index (χ2n) is 5.09. The first-order valence-electron chi connectivity index (χ1n) is 6.82. The highest BCUT2D eigenvalue weighted by atomic mass is 35.5. The molecule has 1 unspecified atom stereocenters. The maximum Gasteiger partial charge on any atom is 0.214 e. The summed E-state index contributed by atoms with van der Waals surface area (Å²) in [7, 11) is -3.11. The molecule has 2 heterocycles. The van der Waals surface area contributed by atoms with Crippen LogP contribution < -0.4 is 5.73 Å². The maximum absolute atomic E-state index is 12.3. The zero-order valence-electron chi connectivity index (χ0n) is 11.5. The molecule has 2 rings (SSSR count). The van der Waals surface area contributed by atoms with Crippen molar-refractivity contribution >= 4 is 33.8 Å². The molecule has 0 spiro atoms. The lowest BCUT2D eigenvalue weighted by Crippen LogP contribution is -2.41. The van der Waals surface area contributed by atoms with Gasteiger partial charge in [0.15, 0.2) is 0 Å². The lowest BCUT2D eigenvalue weighted by atomic mass is 9.96. The van der Waals surface area contributed by atoms with Crippen LogP contribution in [0.25, 0.3) is 0 Å². The second kappa shape index (κ2) is 8.34. The third-order valence-corrected chi connectivity index (χ3v) is 6.41. The minimum atomic E-state index is -3.11. The topological polar surface area (TPSA) is 63.4 Å². The normalized spacial score (nSPS) is 20.6. The molecule has 1 aliphatic heterocycles. The summed E-state index contributed by atoms with van der Waals surface area (Å²) in [5, 5.41) is 1.99. The molecule has 0 saturated carbocycles. The first kappa shape index (κ1) is 17.9. The summed E-state index contributed by atoms with van der Waals surface area (Å²) in [5.41, 5.74) is 5.57. The Morgan fingerprint density at radius 1 is 1.45 bits per heavy atom. The molecule has 4 nitrogen and oxygen atoms in total. The van der Waals surface area contributed by atoms with E-state index in [1.165, 1.54) is 0 Å². The van der Waals surface area contributed by atoms with Crippen molar-refractivity contribution in [1.82, 2.24) is 4.31 Å². The predicted molar refractivity (Wildman–Crippen MR) is 87.0 cm³/mol. The Hall–Kier alpha value is -0.140. The number of aryl methyl sites for hydroxylation is 1. The molecule has 1 saturated heterocycles. The molecule has 20 heavy (non-hydrogen) atoms. The van der Waals surface area contributed by atoms with E-state index in [-0.39, 0.29) is 18.2 Å². The fourth-order valence-electron chi connectivity index (χ4n) is 2.56. The summed E-state index contributed by atoms with van der Waals surface area (Å²) in [6.45, 7) is 1.98. The lowest BCUT2D eigenvalue weighted by molar-refractivity contribution is 0.258. The summed E-state index contributed by atoms with van der Waals surface area (Å²) < 4.78 is 26.3. The number of nitrogens with two attached hydrogens (primary N) is 1. The average Bonchev–Trinajstić information content (AvgIpc) is 2.90. The lowest BCUT2D eigenvalue weighted by Gasteiger charge is -2.31. The van der Waals surface area contributed by atoms with E-state index in [9.17, 15) is 8.42 Å². The standard InChI is InChI=1S/C13H22N2O2S2.ClH/c14-7-5-12-3-1-8-15(11-12)19(16,17)10-6-13-4-2-9-18-13;/h2,4,9,12H,1,3,5-8,10-11,14H2;1H. The molecule has 116 valence electrons. The van der Waals surface area contributed by atoms with Crippen molar-refractivity contribution in [3.05, 3.63) is 22.4 Å². The molecular formula is C13H23ClN2O2S2. The fraction of sp³-hybridized carbons (Fsp3) is 0.692. The van der Waals surface area contributed by atoms with Gasteiger partial charge in [0.1, 0.15) is 0 Å². The number of halogens is 1. The minimum Gasteiger partial charge on any atom is -0.330 e. The van der Waals surface area contributed by atoms with Crippen molar-refractivity contribution in [1.29, 1.82) is 0 Å². The molecule has 0 amide bonds. The summed E-state index contributed by atoms with van der Waals surface area (Å²) in [6.07, 6.45) is 3.62. The summed E-state index contributed by atoms with van der Waals surface area (Å²) in [4.78, 5) is 1.14. The zero-order valence-corrected chi connectivity index (χ0v) is 14.0. The molecule has 1 aromatic heterocycles. The Balaban J connectivity index is 0.00000200. The van der Waals surface area contributed by atoms with E-state index < -0.39 is 10.0 Å². The Morgan fingerprint density at radius 2 is 2.25 bits per heavy atom. The van der Waals surface area contributed by atoms with Gasteiger partial charge in [-0.15, -0.1) is 23.7 Å². The third-order valence-electron chi connectivity index (χ3n) is 3.64. The van der Waals surface area contributed by atoms with Crippen molar-refractivity contribution in [2.24, 2.45) is 11.7 Å². The number of hydrogen-bond acceptors (Lipinski definition) is 4. The largest absolute Gasteiger partial charge is 0.330 e. The van der Waals surface area contributed by atoms with Crippen LogP contribution >= 0.6 is 23.7 Å². The van der Waals surface area contributed by atoms with E-state index >= 15 is 0 Å². The monoisotopic (exact) mass is 338 g/mol. The van der Waals surface area contributed by atoms with Crippen LogP contribution in [-0.4, -0.2) is 38.1 Å². The van der Waals surface area contributed by atoms with E-state index in [2.05, 4.69) is 0 Å². The highest BCUT2D eigenvalue weighted by Gasteiger charge is 2.28. The van der Waals surface area contributed by atoms with Crippen molar-refractivity contribution in [3.8, 4) is 0 Å². The van der Waals surface area contributed by atoms with Crippen molar-refractivity contribution in [2.75, 3.05) is 25.4 Å². The molecule has 1 atom stereocenters. The molecule has 0 aromatic carbocycles. The molecule has 1 aliphatic rings. The van der Waals surface area contributed by atoms with Gasteiger partial charge in [-0.25, -0.2) is 12.7 Å². The highest BCUT2D eigenvalue weighted by molar-refractivity contribution is 7.89. The highest BCUT2D eigenvalue weighted by Crippen LogP contribution is 2.22. The van der Waals surface area contributed by atoms with Crippen LogP contribution in [0.4, 0.5) is 0 Å². The summed E-state index contributed by atoms with van der Waals surface area (Å²) in [6, 6.07) is 3.96. The minimum absolute atomic E-state index is 0. The van der Waals surface area contributed by atoms with Gasteiger partial charge in [0.25, 0.3) is 0 Å². The number of piperidine rings is 1. The molecule has 0 bridgehead atoms. The van der Waals surface area contributed by atoms with Gasteiger partial charge in [-0.2, -0.15) is 0 Å². The third kappa shape index (κ3) is 5.00. The predicted octanol–water partition coefficient (Wildman–Crippen LogP) is 2.10. The second-order valence-corrected chi connectivity index (χ2v) is 8.21. The SMILES string of the molecule is Cl.NCCC1CCCN(S(=O)(=O)CCc2cccs2)C1. The van der Waals surface area contributed by atoms with Crippen LogP contribution in [0.1, 0.15) is 24.1 Å². The van der Waals surface area contributed by atoms with Crippen LogP contribution in [0.2, 0.25) is 0 Å². The molecule has 2 N–H and O–H groups in total. The smallest absolute Gasteiger partial charge is 0.214 e. The molecule has 7 heteroatoms. The Bertz CT molecular complexity index is 475. The first-order chi connectivity index (χ1) is 9.12. The van der Waals surface area contributed by atoms with Gasteiger partial charge in [-0.1, -0.05) is 6.07 Å². The molecule has 0 aliphatic carbocycles. The van der Waals surface area contributed by atoms with Crippen LogP contribution in [0.15, 0.2) is 17.5 Å². The fourth-order valence-corrected chi connectivity index (χ4v) is 4.98. The molecular weight excluding hydrogens is 316 g/mol. The van der Waals surface area contributed by atoms with Crippen LogP contribution in [0.5, 0.6) is 0 Å². The number of nitrogens with zero attached hydrogens (tertiary/aromatic N) is 1. The maximum atomic E-state index is 12.3. The summed E-state index contributed by atoms with van der Waals surface area (Å²) >= 11 is 1.62. The van der Waals surface area contributed by atoms with Crippen molar-refractivity contribution in [3.63, 3.8) is 0 Å². The van der Waals surface area contributed by atoms with Gasteiger partial charge in [0.2, 0.25) is 10.0 Å². The van der Waals surface area contributed by atoms with Gasteiger partial charge in [-0.3, -0.25) is 0 Å². The van der Waals surface area contributed by atoms with E-state index in [1.54, 1.807) is 15.6 Å². The van der Waals surface area contributed by atoms with Gasteiger partial charge in [0.05, 0.1) is 5.75 Å². The Morgan fingerprint density at radius 3 is 2.90 bits per heavy atom. The molecule has 1 aromatic rings. The van der Waals surface area contributed by atoms with Gasteiger partial charge in [-0.05, 0) is 49.6 Å². The number of rotatable bonds is 6. The van der Waals surface area contributed by atoms with Crippen molar-refractivity contribution < 1.29 is 8.42 Å². The average molecular weight is 339 g/mol. The Labute approximate surface area is 131 Å². The first-order valence-corrected chi connectivity index (χ1v) is 9.31. The molecule has 0 radical (unpaired) electrons. The van der Waals surface area contributed by atoms with Crippen LogP contribution in [0, 0.1) is 5.92 Å². The van der Waals surface area contributed by atoms with Crippen molar-refractivity contribution in [2.45, 2.75) is 25.7 Å². The van der Waals surface area contributed by atoms with Gasteiger partial charge >= 0.3 is 0 Å². The molecule has 1 fully saturated rings. The number of thiophene rings is 1. The van der Waals surface area contributed by atoms with Crippen LogP contribution in [-0.2, 0) is 16.4 Å². The van der Waals surface area contributed by atoms with E-state index in [1.807, 2.05) is 17.5 Å². The summed E-state index contributed by atoms with van der Waals surface area (Å²) in [5.74, 6) is 0.665. The van der Waals surface area contributed by atoms with Crippen LogP contribution in [0.3, 0.4) is 0 Å². The number of hydrogen-bond donors (Lipinski definition) is 1. The Kier molecular flexibility index (Phi) is 7.47. The van der Waals surface area contributed by atoms with Gasteiger partial charge in [0, 0.05) is 18.0 Å². The van der Waals surface area contributed by atoms with Gasteiger partial charge < -0.3 is 5.73 Å². The van der Waals surface area contributed by atoms with E-state index in [0.717, 1.165) is 24.1 Å². The quantitative estimate of drug-likeness (QED) is 0.864. The van der Waals surface area contributed by atoms with E-state index in [4.69, 9.17) is 5.73 Å². The van der Waals surface area contributed by atoms with E-state index in [0.29, 0.717) is 32.0 Å². The number of sulfonamides is 1.